The molecule has 0 N–H and O–H groups in total. The third-order valence-electron chi connectivity index (χ3n) is 4.64. The number of carbonyl (C=O) groups excluding carboxylic acids is 1. The largest absolute Gasteiger partial charge is 0.450 e. The first-order valence-corrected chi connectivity index (χ1v) is 8.04. The molecule has 3 rings (SSSR count). The summed E-state index contributed by atoms with van der Waals surface area (Å²) in [6, 6.07) is 16.0. The van der Waals surface area contributed by atoms with Crippen molar-refractivity contribution in [1.82, 2.24) is 4.90 Å². The Kier molecular flexibility index (Phi) is 4.22. The minimum absolute atomic E-state index is 0.211. The highest BCUT2D eigenvalue weighted by molar-refractivity contribution is 5.93. The molecule has 0 amide bonds. The Morgan fingerprint density at radius 2 is 1.83 bits per heavy atom. The highest BCUT2D eigenvalue weighted by atomic mass is 16.6. The molecule has 0 radical (unpaired) electrons. The lowest BCUT2D eigenvalue weighted by Crippen LogP contribution is -2.41. The van der Waals surface area contributed by atoms with Gasteiger partial charge in [0.05, 0.1) is 5.56 Å². The van der Waals surface area contributed by atoms with E-state index < -0.39 is 5.60 Å². The molecule has 0 aliphatic carbocycles. The van der Waals surface area contributed by atoms with Crippen LogP contribution in [0.2, 0.25) is 0 Å². The van der Waals surface area contributed by atoms with E-state index in [0.29, 0.717) is 5.56 Å². The molecule has 120 valence electrons. The summed E-state index contributed by atoms with van der Waals surface area (Å²) in [5.74, 6) is -0.211. The number of aryl methyl sites for hydroxylation is 1. The Morgan fingerprint density at radius 1 is 1.09 bits per heavy atom. The van der Waals surface area contributed by atoms with E-state index in [2.05, 4.69) is 30.0 Å². The van der Waals surface area contributed by atoms with Crippen LogP contribution in [0.25, 0.3) is 0 Å². The summed E-state index contributed by atoms with van der Waals surface area (Å²) in [6.07, 6.45) is 1.52. The molecule has 23 heavy (non-hydrogen) atoms. The Labute approximate surface area is 137 Å². The van der Waals surface area contributed by atoms with Crippen LogP contribution in [-0.2, 0) is 16.8 Å². The van der Waals surface area contributed by atoms with Crippen molar-refractivity contribution in [3.63, 3.8) is 0 Å². The van der Waals surface area contributed by atoms with Gasteiger partial charge in [-0.15, -0.1) is 0 Å². The third kappa shape index (κ3) is 3.02. The Balaban J connectivity index is 2.07. The summed E-state index contributed by atoms with van der Waals surface area (Å²) in [6.45, 7) is 2.93. The average molecular weight is 309 g/mol. The maximum atomic E-state index is 12.6. The molecule has 3 heteroatoms. The molecule has 0 saturated heterocycles. The molecule has 1 aliphatic rings. The molecule has 3 nitrogen and oxygen atoms in total. The fourth-order valence-electron chi connectivity index (χ4n) is 3.27. The van der Waals surface area contributed by atoms with E-state index >= 15 is 0 Å². The van der Waals surface area contributed by atoms with Crippen molar-refractivity contribution in [3.05, 3.63) is 70.8 Å². The van der Waals surface area contributed by atoms with Crippen LogP contribution < -0.4 is 0 Å². The van der Waals surface area contributed by atoms with Gasteiger partial charge < -0.3 is 9.64 Å². The predicted molar refractivity (Wildman–Crippen MR) is 91.6 cm³/mol. The van der Waals surface area contributed by atoms with Gasteiger partial charge in [-0.2, -0.15) is 0 Å². The predicted octanol–water partition coefficient (Wildman–Crippen LogP) is 3.56. The number of esters is 1. The van der Waals surface area contributed by atoms with Crippen molar-refractivity contribution >= 4 is 5.97 Å². The zero-order valence-corrected chi connectivity index (χ0v) is 14.0. The Bertz CT molecular complexity index is 709. The molecule has 1 aliphatic heterocycles. The van der Waals surface area contributed by atoms with Crippen molar-refractivity contribution in [2.75, 3.05) is 20.6 Å². The minimum Gasteiger partial charge on any atom is -0.450 e. The molecule has 0 saturated carbocycles. The van der Waals surface area contributed by atoms with Crippen molar-refractivity contribution in [3.8, 4) is 0 Å². The van der Waals surface area contributed by atoms with Gasteiger partial charge in [-0.1, -0.05) is 42.5 Å². The Morgan fingerprint density at radius 3 is 2.52 bits per heavy atom. The van der Waals surface area contributed by atoms with E-state index in [1.165, 1.54) is 0 Å². The van der Waals surface area contributed by atoms with Crippen molar-refractivity contribution in [2.45, 2.75) is 25.4 Å². The average Bonchev–Trinajstić information content (AvgIpc) is 2.55. The zero-order chi connectivity index (χ0) is 16.4. The molecule has 1 unspecified atom stereocenters. The first-order chi connectivity index (χ1) is 11.0. The number of ether oxygens (including phenoxy) is 1. The van der Waals surface area contributed by atoms with Crippen LogP contribution in [0.1, 0.15) is 33.5 Å². The Hall–Kier alpha value is -2.13. The monoisotopic (exact) mass is 309 g/mol. The molecule has 0 spiro atoms. The van der Waals surface area contributed by atoms with Crippen molar-refractivity contribution in [2.24, 2.45) is 0 Å². The highest BCUT2D eigenvalue weighted by Crippen LogP contribution is 2.40. The van der Waals surface area contributed by atoms with E-state index in [-0.39, 0.29) is 5.97 Å². The molecule has 0 bridgehead atoms. The lowest BCUT2D eigenvalue weighted by atomic mass is 9.79. The second-order valence-corrected chi connectivity index (χ2v) is 6.58. The second-order valence-electron chi connectivity index (χ2n) is 6.58. The molecular formula is C20H23NO2. The lowest BCUT2D eigenvalue weighted by Gasteiger charge is -2.39. The number of carbonyl (C=O) groups is 1. The van der Waals surface area contributed by atoms with Gasteiger partial charge in [-0.3, -0.25) is 0 Å². The quantitative estimate of drug-likeness (QED) is 0.809. The zero-order valence-electron chi connectivity index (χ0n) is 14.0. The van der Waals surface area contributed by atoms with Crippen LogP contribution in [0.5, 0.6) is 0 Å². The van der Waals surface area contributed by atoms with Gasteiger partial charge in [0.1, 0.15) is 5.60 Å². The SMILES string of the molecule is Cc1cccc2c1CC(CCN(C)C)(c1ccccc1)OC2=O. The van der Waals surface area contributed by atoms with Gasteiger partial charge in [0.15, 0.2) is 0 Å². The van der Waals surface area contributed by atoms with Gasteiger partial charge in [0.25, 0.3) is 0 Å². The summed E-state index contributed by atoms with van der Waals surface area (Å²) in [4.78, 5) is 14.8. The van der Waals surface area contributed by atoms with Crippen LogP contribution in [0, 0.1) is 6.92 Å². The first-order valence-electron chi connectivity index (χ1n) is 8.04. The summed E-state index contributed by atoms with van der Waals surface area (Å²) >= 11 is 0. The number of fused-ring (bicyclic) bond motifs is 1. The molecule has 2 aromatic carbocycles. The summed E-state index contributed by atoms with van der Waals surface area (Å²) in [5, 5.41) is 0. The van der Waals surface area contributed by atoms with E-state index in [9.17, 15) is 4.79 Å². The van der Waals surface area contributed by atoms with Crippen LogP contribution in [0.15, 0.2) is 48.5 Å². The molecule has 1 heterocycles. The van der Waals surface area contributed by atoms with Crippen LogP contribution in [-0.4, -0.2) is 31.5 Å². The van der Waals surface area contributed by atoms with Crippen molar-refractivity contribution < 1.29 is 9.53 Å². The third-order valence-corrected chi connectivity index (χ3v) is 4.64. The van der Waals surface area contributed by atoms with E-state index in [1.807, 2.05) is 44.4 Å². The summed E-state index contributed by atoms with van der Waals surface area (Å²) in [7, 11) is 4.09. The lowest BCUT2D eigenvalue weighted by molar-refractivity contribution is -0.0356. The topological polar surface area (TPSA) is 29.5 Å². The number of hydrogen-bond acceptors (Lipinski definition) is 3. The van der Waals surface area contributed by atoms with Crippen molar-refractivity contribution in [1.29, 1.82) is 0 Å². The fraction of sp³-hybridized carbons (Fsp3) is 0.350. The maximum absolute atomic E-state index is 12.6. The van der Waals surface area contributed by atoms with Crippen LogP contribution in [0.3, 0.4) is 0 Å². The fourth-order valence-corrected chi connectivity index (χ4v) is 3.27. The molecule has 1 atom stereocenters. The minimum atomic E-state index is -0.582. The van der Waals surface area contributed by atoms with Gasteiger partial charge in [0.2, 0.25) is 0 Å². The second kappa shape index (κ2) is 6.17. The highest BCUT2D eigenvalue weighted by Gasteiger charge is 2.42. The number of benzene rings is 2. The molecule has 0 fully saturated rings. The van der Waals surface area contributed by atoms with Gasteiger partial charge in [-0.25, -0.2) is 4.79 Å². The van der Waals surface area contributed by atoms with Crippen LogP contribution in [0.4, 0.5) is 0 Å². The molecule has 0 aromatic heterocycles. The number of hydrogen-bond donors (Lipinski definition) is 0. The van der Waals surface area contributed by atoms with Gasteiger partial charge >= 0.3 is 5.97 Å². The van der Waals surface area contributed by atoms with E-state index in [1.54, 1.807) is 0 Å². The summed E-state index contributed by atoms with van der Waals surface area (Å²) < 4.78 is 6.03. The molecule has 2 aromatic rings. The smallest absolute Gasteiger partial charge is 0.339 e. The van der Waals surface area contributed by atoms with E-state index in [0.717, 1.165) is 36.1 Å². The number of nitrogens with zero attached hydrogens (tertiary/aromatic N) is 1. The number of cyclic esters (lactones) is 1. The summed E-state index contributed by atoms with van der Waals surface area (Å²) in [5.41, 5.74) is 3.48. The standard InChI is InChI=1S/C20H23NO2/c1-15-8-7-11-17-18(15)14-20(23-19(17)22,12-13-21(2)3)16-9-5-4-6-10-16/h4-11H,12-14H2,1-3H3. The molecular weight excluding hydrogens is 286 g/mol. The van der Waals surface area contributed by atoms with Gasteiger partial charge in [-0.05, 0) is 43.8 Å². The maximum Gasteiger partial charge on any atom is 0.339 e. The first kappa shape index (κ1) is 15.8. The van der Waals surface area contributed by atoms with E-state index in [4.69, 9.17) is 4.74 Å². The van der Waals surface area contributed by atoms with Crippen LogP contribution >= 0.6 is 0 Å². The number of rotatable bonds is 4. The normalized spacial score (nSPS) is 20.3. The van der Waals surface area contributed by atoms with Gasteiger partial charge in [0, 0.05) is 19.4 Å².